The molecule has 0 aliphatic rings. The number of hydrogen-bond acceptors (Lipinski definition) is 3. The largest absolute Gasteiger partial charge is 0.369 e. The van der Waals surface area contributed by atoms with Crippen molar-refractivity contribution in [1.82, 2.24) is 14.5 Å². The quantitative estimate of drug-likeness (QED) is 0.684. The highest BCUT2D eigenvalue weighted by Crippen LogP contribution is 2.25. The van der Waals surface area contributed by atoms with Gasteiger partial charge in [0.05, 0.1) is 5.69 Å². The Morgan fingerprint density at radius 2 is 2.11 bits per heavy atom. The van der Waals surface area contributed by atoms with Crippen LogP contribution in [-0.4, -0.2) is 14.5 Å². The summed E-state index contributed by atoms with van der Waals surface area (Å²) in [5.41, 5.74) is 8.06. The Labute approximate surface area is 116 Å². The highest BCUT2D eigenvalue weighted by atomic mass is 127. The summed E-state index contributed by atoms with van der Waals surface area (Å²) in [5, 5.41) is 0. The molecule has 0 fully saturated rings. The first-order chi connectivity index (χ1) is 8.66. The second kappa shape index (κ2) is 4.20. The van der Waals surface area contributed by atoms with Crippen LogP contribution in [0.25, 0.3) is 16.9 Å². The maximum absolute atomic E-state index is 13.1. The molecule has 0 saturated carbocycles. The molecule has 0 bridgehead atoms. The summed E-state index contributed by atoms with van der Waals surface area (Å²) in [6, 6.07) is 8.15. The van der Waals surface area contributed by atoms with E-state index >= 15 is 0 Å². The predicted octanol–water partition coefficient (Wildman–Crippen LogP) is 2.75. The van der Waals surface area contributed by atoms with E-state index in [0.29, 0.717) is 11.6 Å². The lowest BCUT2D eigenvalue weighted by Gasteiger charge is -2.08. The molecule has 3 rings (SSSR count). The van der Waals surface area contributed by atoms with Crippen LogP contribution in [0.2, 0.25) is 0 Å². The number of benzene rings is 1. The molecule has 1 aromatic carbocycles. The van der Waals surface area contributed by atoms with Crippen LogP contribution < -0.4 is 5.73 Å². The van der Waals surface area contributed by atoms with Gasteiger partial charge in [0, 0.05) is 9.77 Å². The minimum absolute atomic E-state index is 0.279. The number of nitrogens with zero attached hydrogens (tertiary/aromatic N) is 3. The fourth-order valence-electron chi connectivity index (χ4n) is 1.83. The first-order valence-corrected chi connectivity index (χ1v) is 6.29. The van der Waals surface area contributed by atoms with E-state index in [2.05, 4.69) is 32.6 Å². The Bertz CT molecular complexity index is 738. The van der Waals surface area contributed by atoms with Gasteiger partial charge in [-0.3, -0.25) is 4.57 Å². The fourth-order valence-corrected chi connectivity index (χ4v) is 2.55. The molecule has 0 radical (unpaired) electrons. The van der Waals surface area contributed by atoms with Crippen LogP contribution in [-0.2, 0) is 0 Å². The van der Waals surface area contributed by atoms with E-state index in [9.17, 15) is 4.39 Å². The Balaban J connectivity index is 2.34. The summed E-state index contributed by atoms with van der Waals surface area (Å²) in [4.78, 5) is 8.50. The maximum atomic E-state index is 13.1. The molecule has 0 amide bonds. The summed E-state index contributed by atoms with van der Waals surface area (Å²) in [7, 11) is 0. The Morgan fingerprint density at radius 1 is 1.28 bits per heavy atom. The number of fused-ring (bicyclic) bond motifs is 1. The third-order valence-electron chi connectivity index (χ3n) is 2.59. The second-order valence-electron chi connectivity index (χ2n) is 3.75. The molecule has 0 atom stereocenters. The zero-order chi connectivity index (χ0) is 12.7. The number of hydrogen-bond donors (Lipinski definition) is 1. The summed E-state index contributed by atoms with van der Waals surface area (Å²) >= 11 is 2.06. The number of pyridine rings is 1. The molecule has 0 aliphatic heterocycles. The van der Waals surface area contributed by atoms with Gasteiger partial charge in [-0.1, -0.05) is 0 Å². The molecule has 3 aromatic rings. The van der Waals surface area contributed by atoms with Gasteiger partial charge >= 0.3 is 0 Å². The molecule has 0 aliphatic carbocycles. The molecular weight excluding hydrogens is 346 g/mol. The summed E-state index contributed by atoms with van der Waals surface area (Å²) in [5.74, 6) is 0.0623. The lowest BCUT2D eigenvalue weighted by molar-refractivity contribution is 0.626. The number of imidazole rings is 1. The second-order valence-corrected chi connectivity index (χ2v) is 4.91. The first kappa shape index (κ1) is 11.4. The smallest absolute Gasteiger partial charge is 0.207 e. The maximum Gasteiger partial charge on any atom is 0.207 e. The topological polar surface area (TPSA) is 56.7 Å². The van der Waals surface area contributed by atoms with E-state index in [0.717, 1.165) is 14.8 Å². The SMILES string of the molecule is Nc1nc2cccnc2n1-c1ccc(F)cc1I. The van der Waals surface area contributed by atoms with Crippen molar-refractivity contribution in [2.24, 2.45) is 0 Å². The van der Waals surface area contributed by atoms with Crippen molar-refractivity contribution in [3.63, 3.8) is 0 Å². The molecular formula is C12H8FIN4. The van der Waals surface area contributed by atoms with E-state index in [1.54, 1.807) is 22.9 Å². The van der Waals surface area contributed by atoms with Gasteiger partial charge in [-0.2, -0.15) is 0 Å². The van der Waals surface area contributed by atoms with Gasteiger partial charge in [-0.25, -0.2) is 14.4 Å². The van der Waals surface area contributed by atoms with Crippen molar-refractivity contribution in [2.75, 3.05) is 5.73 Å². The summed E-state index contributed by atoms with van der Waals surface area (Å²) < 4.78 is 15.6. The first-order valence-electron chi connectivity index (χ1n) is 5.21. The molecule has 2 N–H and O–H groups in total. The monoisotopic (exact) mass is 354 g/mol. The van der Waals surface area contributed by atoms with Crippen molar-refractivity contribution in [1.29, 1.82) is 0 Å². The van der Waals surface area contributed by atoms with Crippen LogP contribution >= 0.6 is 22.6 Å². The molecule has 2 aromatic heterocycles. The Morgan fingerprint density at radius 3 is 2.89 bits per heavy atom. The number of nitrogens with two attached hydrogens (primary N) is 1. The summed E-state index contributed by atoms with van der Waals surface area (Å²) in [6.45, 7) is 0. The molecule has 4 nitrogen and oxygen atoms in total. The predicted molar refractivity (Wildman–Crippen MR) is 76.0 cm³/mol. The molecule has 90 valence electrons. The lowest BCUT2D eigenvalue weighted by atomic mass is 10.3. The van der Waals surface area contributed by atoms with Crippen molar-refractivity contribution in [3.8, 4) is 5.69 Å². The van der Waals surface area contributed by atoms with Crippen molar-refractivity contribution >= 4 is 39.7 Å². The van der Waals surface area contributed by atoms with E-state index in [4.69, 9.17) is 5.73 Å². The Kier molecular flexibility index (Phi) is 2.66. The van der Waals surface area contributed by atoms with Gasteiger partial charge in [0.15, 0.2) is 5.65 Å². The zero-order valence-corrected chi connectivity index (χ0v) is 11.3. The van der Waals surface area contributed by atoms with Gasteiger partial charge < -0.3 is 5.73 Å². The molecule has 0 unspecified atom stereocenters. The third-order valence-corrected chi connectivity index (χ3v) is 3.46. The van der Waals surface area contributed by atoms with Crippen LogP contribution in [0.3, 0.4) is 0 Å². The minimum Gasteiger partial charge on any atom is -0.369 e. The van der Waals surface area contributed by atoms with Crippen LogP contribution in [0.5, 0.6) is 0 Å². The highest BCUT2D eigenvalue weighted by Gasteiger charge is 2.13. The molecule has 0 saturated heterocycles. The van der Waals surface area contributed by atoms with E-state index < -0.39 is 0 Å². The van der Waals surface area contributed by atoms with Gasteiger partial charge in [0.1, 0.15) is 11.3 Å². The van der Waals surface area contributed by atoms with E-state index in [1.807, 2.05) is 6.07 Å². The van der Waals surface area contributed by atoms with Crippen LogP contribution in [0.15, 0.2) is 36.5 Å². The molecule has 2 heterocycles. The van der Waals surface area contributed by atoms with E-state index in [1.165, 1.54) is 12.1 Å². The van der Waals surface area contributed by atoms with Gasteiger partial charge in [0.25, 0.3) is 0 Å². The van der Waals surface area contributed by atoms with Crippen molar-refractivity contribution < 1.29 is 4.39 Å². The van der Waals surface area contributed by atoms with Crippen LogP contribution in [0.1, 0.15) is 0 Å². The van der Waals surface area contributed by atoms with E-state index in [-0.39, 0.29) is 5.82 Å². The zero-order valence-electron chi connectivity index (χ0n) is 9.14. The van der Waals surface area contributed by atoms with Crippen molar-refractivity contribution in [3.05, 3.63) is 45.9 Å². The number of halogens is 2. The van der Waals surface area contributed by atoms with Crippen molar-refractivity contribution in [2.45, 2.75) is 0 Å². The Hall–Kier alpha value is -1.70. The fraction of sp³-hybridized carbons (Fsp3) is 0. The van der Waals surface area contributed by atoms with Gasteiger partial charge in [-0.05, 0) is 52.9 Å². The highest BCUT2D eigenvalue weighted by molar-refractivity contribution is 14.1. The van der Waals surface area contributed by atoms with Gasteiger partial charge in [-0.15, -0.1) is 0 Å². The average Bonchev–Trinajstić information content (AvgIpc) is 2.66. The number of aromatic nitrogens is 3. The third kappa shape index (κ3) is 1.72. The summed E-state index contributed by atoms with van der Waals surface area (Å²) in [6.07, 6.45) is 1.68. The van der Waals surface area contributed by atoms with Gasteiger partial charge in [0.2, 0.25) is 5.95 Å². The minimum atomic E-state index is -0.279. The van der Waals surface area contributed by atoms with Crippen LogP contribution in [0, 0.1) is 9.39 Å². The standard InChI is InChI=1S/C12H8FIN4/c13-7-3-4-10(8(14)6-7)18-11-9(17-12(18)15)2-1-5-16-11/h1-6H,(H2,15,17). The lowest BCUT2D eigenvalue weighted by Crippen LogP contribution is -2.03. The number of anilines is 1. The van der Waals surface area contributed by atoms with Crippen LogP contribution in [0.4, 0.5) is 10.3 Å². The molecule has 0 spiro atoms. The molecule has 18 heavy (non-hydrogen) atoms. The molecule has 6 heteroatoms. The number of rotatable bonds is 1. The number of nitrogen functional groups attached to an aromatic ring is 1. The average molecular weight is 354 g/mol. The normalized spacial score (nSPS) is 11.0.